The third-order valence-corrected chi connectivity index (χ3v) is 2.86. The van der Waals surface area contributed by atoms with Crippen LogP contribution in [0.2, 0.25) is 0 Å². The molecule has 102 valence electrons. The summed E-state index contributed by atoms with van der Waals surface area (Å²) < 4.78 is 57.9. The van der Waals surface area contributed by atoms with Gasteiger partial charge in [-0.2, -0.15) is 13.2 Å². The van der Waals surface area contributed by atoms with E-state index in [4.69, 9.17) is 5.14 Å². The van der Waals surface area contributed by atoms with Crippen molar-refractivity contribution in [2.45, 2.75) is 12.6 Å². The van der Waals surface area contributed by atoms with E-state index in [2.05, 4.69) is 10.3 Å². The highest BCUT2D eigenvalue weighted by Gasteiger charge is 2.30. The van der Waals surface area contributed by atoms with E-state index in [1.807, 2.05) is 0 Å². The number of nitrogens with zero attached hydrogens (tertiary/aromatic N) is 1. The van der Waals surface area contributed by atoms with Crippen LogP contribution < -0.4 is 10.5 Å². The topological polar surface area (TPSA) is 85.1 Å². The second-order valence-electron chi connectivity index (χ2n) is 3.58. The Balaban J connectivity index is 2.45. The summed E-state index contributed by atoms with van der Waals surface area (Å²) in [6, 6.07) is 2.08. The van der Waals surface area contributed by atoms with Crippen LogP contribution >= 0.6 is 0 Å². The van der Waals surface area contributed by atoms with E-state index in [1.165, 1.54) is 6.07 Å². The molecule has 0 aliphatic carbocycles. The number of sulfonamides is 1. The maximum absolute atomic E-state index is 12.2. The number of halogens is 3. The Morgan fingerprint density at radius 1 is 1.33 bits per heavy atom. The lowest BCUT2D eigenvalue weighted by Crippen LogP contribution is -2.18. The van der Waals surface area contributed by atoms with Crippen molar-refractivity contribution < 1.29 is 21.6 Å². The van der Waals surface area contributed by atoms with E-state index in [0.29, 0.717) is 6.20 Å². The van der Waals surface area contributed by atoms with Gasteiger partial charge in [0.05, 0.1) is 11.3 Å². The molecular weight excluding hydrogens is 271 g/mol. The molecule has 0 atom stereocenters. The molecule has 0 aliphatic rings. The third-order valence-electron chi connectivity index (χ3n) is 2.00. The summed E-state index contributed by atoms with van der Waals surface area (Å²) in [7, 11) is -3.51. The van der Waals surface area contributed by atoms with E-state index < -0.39 is 21.8 Å². The van der Waals surface area contributed by atoms with Crippen molar-refractivity contribution in [2.24, 2.45) is 5.14 Å². The van der Waals surface area contributed by atoms with Gasteiger partial charge in [0, 0.05) is 12.7 Å². The molecule has 1 aromatic rings. The largest absolute Gasteiger partial charge is 0.417 e. The molecule has 0 spiro atoms. The molecule has 0 fully saturated rings. The minimum absolute atomic E-state index is 0.194. The Kier molecular flexibility index (Phi) is 4.52. The maximum Gasteiger partial charge on any atom is 0.417 e. The molecule has 0 aliphatic heterocycles. The van der Waals surface area contributed by atoms with Gasteiger partial charge in [-0.25, -0.2) is 18.5 Å². The molecule has 0 amide bonds. The Morgan fingerprint density at radius 2 is 2.00 bits per heavy atom. The zero-order chi connectivity index (χ0) is 13.8. The molecule has 0 saturated carbocycles. The molecule has 18 heavy (non-hydrogen) atoms. The summed E-state index contributed by atoms with van der Waals surface area (Å²) in [6.45, 7) is 0.259. The first-order valence-corrected chi connectivity index (χ1v) is 6.67. The summed E-state index contributed by atoms with van der Waals surface area (Å²) in [4.78, 5) is 3.57. The second-order valence-corrected chi connectivity index (χ2v) is 5.31. The molecule has 0 radical (unpaired) electrons. The fraction of sp³-hybridized carbons (Fsp3) is 0.444. The van der Waals surface area contributed by atoms with Gasteiger partial charge < -0.3 is 5.32 Å². The lowest BCUT2D eigenvalue weighted by molar-refractivity contribution is -0.137. The van der Waals surface area contributed by atoms with Crippen LogP contribution in [0.5, 0.6) is 0 Å². The van der Waals surface area contributed by atoms with Gasteiger partial charge in [0.15, 0.2) is 0 Å². The monoisotopic (exact) mass is 283 g/mol. The molecule has 5 nitrogen and oxygen atoms in total. The Morgan fingerprint density at radius 3 is 2.44 bits per heavy atom. The van der Waals surface area contributed by atoms with Crippen molar-refractivity contribution >= 4 is 15.8 Å². The van der Waals surface area contributed by atoms with E-state index in [0.717, 1.165) is 6.07 Å². The number of hydrogen-bond donors (Lipinski definition) is 2. The average molecular weight is 283 g/mol. The van der Waals surface area contributed by atoms with Crippen molar-refractivity contribution in [3.63, 3.8) is 0 Å². The fourth-order valence-electron chi connectivity index (χ4n) is 1.16. The Labute approximate surface area is 102 Å². The first kappa shape index (κ1) is 14.7. The van der Waals surface area contributed by atoms with Crippen molar-refractivity contribution in [1.82, 2.24) is 4.98 Å². The molecule has 0 bridgehead atoms. The summed E-state index contributed by atoms with van der Waals surface area (Å²) in [5.41, 5.74) is -0.836. The highest BCUT2D eigenvalue weighted by molar-refractivity contribution is 7.89. The van der Waals surface area contributed by atoms with E-state index in [-0.39, 0.29) is 24.5 Å². The third kappa shape index (κ3) is 5.32. The van der Waals surface area contributed by atoms with Gasteiger partial charge in [0.2, 0.25) is 10.0 Å². The first-order valence-electron chi connectivity index (χ1n) is 4.96. The minimum atomic E-state index is -4.42. The highest BCUT2D eigenvalue weighted by Crippen LogP contribution is 2.28. The number of nitrogens with one attached hydrogen (secondary N) is 1. The molecule has 9 heteroatoms. The molecule has 0 unspecified atom stereocenters. The van der Waals surface area contributed by atoms with Crippen LogP contribution in [-0.2, 0) is 16.2 Å². The number of nitrogens with two attached hydrogens (primary N) is 1. The number of alkyl halides is 3. The maximum atomic E-state index is 12.2. The van der Waals surface area contributed by atoms with Gasteiger partial charge in [0.25, 0.3) is 0 Å². The average Bonchev–Trinajstić information content (AvgIpc) is 2.22. The first-order chi connectivity index (χ1) is 8.18. The number of anilines is 1. The number of primary sulfonamides is 1. The van der Waals surface area contributed by atoms with Gasteiger partial charge >= 0.3 is 6.18 Å². The van der Waals surface area contributed by atoms with Crippen molar-refractivity contribution in [3.05, 3.63) is 23.9 Å². The molecule has 1 aromatic heterocycles. The zero-order valence-corrected chi connectivity index (χ0v) is 10.1. The highest BCUT2D eigenvalue weighted by atomic mass is 32.2. The van der Waals surface area contributed by atoms with Crippen LogP contribution in [0.4, 0.5) is 19.0 Å². The van der Waals surface area contributed by atoms with Crippen LogP contribution in [-0.4, -0.2) is 25.7 Å². The van der Waals surface area contributed by atoms with Gasteiger partial charge in [0.1, 0.15) is 5.82 Å². The molecule has 1 rings (SSSR count). The number of hydrogen-bond acceptors (Lipinski definition) is 4. The standard InChI is InChI=1S/C9H12F3N3O2S/c10-9(11,12)7-2-3-8(15-6-7)14-4-1-5-18(13,16)17/h2-3,6H,1,4-5H2,(H,14,15)(H2,13,16,17). The summed E-state index contributed by atoms with van der Waals surface area (Å²) in [6.07, 6.45) is -3.46. The molecule has 0 aromatic carbocycles. The zero-order valence-electron chi connectivity index (χ0n) is 9.24. The SMILES string of the molecule is NS(=O)(=O)CCCNc1ccc(C(F)(F)F)cn1. The predicted octanol–water partition coefficient (Wildman–Crippen LogP) is 1.19. The molecular formula is C9H12F3N3O2S. The van der Waals surface area contributed by atoms with Gasteiger partial charge in [-0.3, -0.25) is 0 Å². The van der Waals surface area contributed by atoms with E-state index in [1.54, 1.807) is 0 Å². The normalized spacial score (nSPS) is 12.4. The second kappa shape index (κ2) is 5.53. The number of aromatic nitrogens is 1. The van der Waals surface area contributed by atoms with Crippen LogP contribution in [0.1, 0.15) is 12.0 Å². The molecule has 1 heterocycles. The summed E-state index contributed by atoms with van der Waals surface area (Å²) in [5, 5.41) is 7.48. The fourth-order valence-corrected chi connectivity index (χ4v) is 1.70. The summed E-state index contributed by atoms with van der Waals surface area (Å²) in [5.74, 6) is 0.0538. The molecule has 3 N–H and O–H groups in total. The van der Waals surface area contributed by atoms with Crippen LogP contribution in [0, 0.1) is 0 Å². The predicted molar refractivity (Wildman–Crippen MR) is 60.3 cm³/mol. The van der Waals surface area contributed by atoms with Gasteiger partial charge in [-0.05, 0) is 18.6 Å². The smallest absolute Gasteiger partial charge is 0.370 e. The van der Waals surface area contributed by atoms with Gasteiger partial charge in [-0.15, -0.1) is 0 Å². The van der Waals surface area contributed by atoms with Gasteiger partial charge in [-0.1, -0.05) is 0 Å². The lowest BCUT2D eigenvalue weighted by Gasteiger charge is -2.08. The van der Waals surface area contributed by atoms with Crippen LogP contribution in [0.3, 0.4) is 0 Å². The van der Waals surface area contributed by atoms with Crippen LogP contribution in [0.15, 0.2) is 18.3 Å². The van der Waals surface area contributed by atoms with Crippen molar-refractivity contribution in [3.8, 4) is 0 Å². The lowest BCUT2D eigenvalue weighted by atomic mass is 10.3. The molecule has 0 saturated heterocycles. The summed E-state index contributed by atoms with van der Waals surface area (Å²) >= 11 is 0. The van der Waals surface area contributed by atoms with E-state index in [9.17, 15) is 21.6 Å². The number of rotatable bonds is 5. The Bertz CT molecular complexity index is 485. The number of pyridine rings is 1. The minimum Gasteiger partial charge on any atom is -0.370 e. The van der Waals surface area contributed by atoms with Crippen molar-refractivity contribution in [1.29, 1.82) is 0 Å². The van der Waals surface area contributed by atoms with E-state index >= 15 is 0 Å². The Hall–Kier alpha value is -1.35. The van der Waals surface area contributed by atoms with Crippen LogP contribution in [0.25, 0.3) is 0 Å². The quantitative estimate of drug-likeness (QED) is 0.795. The van der Waals surface area contributed by atoms with Crippen molar-refractivity contribution in [2.75, 3.05) is 17.6 Å².